The highest BCUT2D eigenvalue weighted by Gasteiger charge is 2.21. The van der Waals surface area contributed by atoms with Gasteiger partial charge in [-0.1, -0.05) is 6.92 Å². The van der Waals surface area contributed by atoms with Crippen molar-refractivity contribution < 1.29 is 13.9 Å². The van der Waals surface area contributed by atoms with Gasteiger partial charge in [-0.25, -0.2) is 4.39 Å². The van der Waals surface area contributed by atoms with Crippen LogP contribution in [-0.4, -0.2) is 28.6 Å². The Kier molecular flexibility index (Phi) is 3.54. The van der Waals surface area contributed by atoms with Gasteiger partial charge in [-0.05, 0) is 24.0 Å². The maximum absolute atomic E-state index is 14.3. The lowest BCUT2D eigenvalue weighted by Gasteiger charge is -2.22. The molecule has 2 aromatic rings. The summed E-state index contributed by atoms with van der Waals surface area (Å²) in [7, 11) is 0. The second-order valence-corrected chi connectivity index (χ2v) is 4.79. The van der Waals surface area contributed by atoms with Gasteiger partial charge in [0.15, 0.2) is 11.5 Å². The van der Waals surface area contributed by atoms with Crippen LogP contribution in [0.3, 0.4) is 0 Å². The number of halogens is 1. The SMILES string of the molecule is CCC(Cc1cn[nH]n1)c1cc2c(cc1F)OCCO2. The summed E-state index contributed by atoms with van der Waals surface area (Å²) in [5.41, 5.74) is 1.46. The topological polar surface area (TPSA) is 60.0 Å². The second-order valence-electron chi connectivity index (χ2n) is 4.79. The number of nitrogens with zero attached hydrogens (tertiary/aromatic N) is 2. The third-order valence-corrected chi connectivity index (χ3v) is 3.51. The van der Waals surface area contributed by atoms with E-state index in [1.807, 2.05) is 6.92 Å². The van der Waals surface area contributed by atoms with E-state index >= 15 is 0 Å². The molecule has 20 heavy (non-hydrogen) atoms. The van der Waals surface area contributed by atoms with Gasteiger partial charge in [0.25, 0.3) is 0 Å². The number of nitrogens with one attached hydrogen (secondary N) is 1. The molecule has 2 heterocycles. The molecule has 106 valence electrons. The molecule has 1 aliphatic heterocycles. The lowest BCUT2D eigenvalue weighted by Crippen LogP contribution is -2.16. The van der Waals surface area contributed by atoms with E-state index in [0.717, 1.165) is 12.1 Å². The Hall–Kier alpha value is -2.11. The van der Waals surface area contributed by atoms with Gasteiger partial charge >= 0.3 is 0 Å². The van der Waals surface area contributed by atoms with E-state index in [-0.39, 0.29) is 11.7 Å². The Morgan fingerprint density at radius 2 is 2.05 bits per heavy atom. The van der Waals surface area contributed by atoms with E-state index in [1.165, 1.54) is 6.07 Å². The minimum absolute atomic E-state index is 0.0379. The fraction of sp³-hybridized carbons (Fsp3) is 0.429. The van der Waals surface area contributed by atoms with Crippen molar-refractivity contribution in [2.24, 2.45) is 0 Å². The fourth-order valence-electron chi connectivity index (χ4n) is 2.44. The van der Waals surface area contributed by atoms with Gasteiger partial charge in [0.1, 0.15) is 19.0 Å². The molecular weight excluding hydrogens is 261 g/mol. The molecule has 0 fully saturated rings. The molecule has 1 aromatic heterocycles. The summed E-state index contributed by atoms with van der Waals surface area (Å²) < 4.78 is 25.2. The first-order chi connectivity index (χ1) is 9.78. The largest absolute Gasteiger partial charge is 0.486 e. The number of H-pyrrole nitrogens is 1. The van der Waals surface area contributed by atoms with Crippen molar-refractivity contribution in [1.29, 1.82) is 0 Å². The fourth-order valence-corrected chi connectivity index (χ4v) is 2.44. The third kappa shape index (κ3) is 2.45. The number of rotatable bonds is 4. The zero-order valence-corrected chi connectivity index (χ0v) is 11.2. The van der Waals surface area contributed by atoms with E-state index < -0.39 is 0 Å². The van der Waals surface area contributed by atoms with Crippen molar-refractivity contribution in [2.75, 3.05) is 13.2 Å². The molecule has 0 amide bonds. The summed E-state index contributed by atoms with van der Waals surface area (Å²) in [5.74, 6) is 0.876. The van der Waals surface area contributed by atoms with E-state index in [4.69, 9.17) is 9.47 Å². The van der Waals surface area contributed by atoms with Crippen molar-refractivity contribution in [3.8, 4) is 11.5 Å². The van der Waals surface area contributed by atoms with Gasteiger partial charge < -0.3 is 9.47 Å². The number of aromatic nitrogens is 3. The van der Waals surface area contributed by atoms with Crippen LogP contribution in [0, 0.1) is 5.82 Å². The highest BCUT2D eigenvalue weighted by Crippen LogP contribution is 2.36. The van der Waals surface area contributed by atoms with E-state index in [1.54, 1.807) is 12.3 Å². The maximum atomic E-state index is 14.3. The van der Waals surface area contributed by atoms with Gasteiger partial charge in [0.2, 0.25) is 0 Å². The molecule has 3 rings (SSSR count). The lowest BCUT2D eigenvalue weighted by atomic mass is 9.91. The highest BCUT2D eigenvalue weighted by molar-refractivity contribution is 5.45. The Bertz CT molecular complexity index is 586. The molecule has 0 saturated heterocycles. The summed E-state index contributed by atoms with van der Waals surface area (Å²) in [6, 6.07) is 3.16. The first kappa shape index (κ1) is 12.9. The lowest BCUT2D eigenvalue weighted by molar-refractivity contribution is 0.170. The molecule has 0 radical (unpaired) electrons. The Labute approximate surface area is 116 Å². The van der Waals surface area contributed by atoms with Crippen LogP contribution in [0.25, 0.3) is 0 Å². The van der Waals surface area contributed by atoms with Crippen LogP contribution in [0.2, 0.25) is 0 Å². The molecule has 6 heteroatoms. The summed E-state index contributed by atoms with van der Waals surface area (Å²) >= 11 is 0. The number of aromatic amines is 1. The van der Waals surface area contributed by atoms with Crippen LogP contribution >= 0.6 is 0 Å². The average molecular weight is 277 g/mol. The Morgan fingerprint density at radius 1 is 1.30 bits per heavy atom. The molecule has 0 bridgehead atoms. The molecule has 0 aliphatic carbocycles. The molecule has 0 saturated carbocycles. The zero-order valence-electron chi connectivity index (χ0n) is 11.2. The van der Waals surface area contributed by atoms with Crippen molar-refractivity contribution in [1.82, 2.24) is 15.4 Å². The third-order valence-electron chi connectivity index (χ3n) is 3.51. The van der Waals surface area contributed by atoms with E-state index in [0.29, 0.717) is 36.7 Å². The number of hydrogen-bond donors (Lipinski definition) is 1. The molecule has 1 atom stereocenters. The molecule has 1 aromatic carbocycles. The molecule has 5 nitrogen and oxygen atoms in total. The molecular formula is C14H16FN3O2. The summed E-state index contributed by atoms with van der Waals surface area (Å²) in [4.78, 5) is 0. The normalized spacial score (nSPS) is 15.1. The second kappa shape index (κ2) is 5.48. The number of hydrogen-bond acceptors (Lipinski definition) is 4. The quantitative estimate of drug-likeness (QED) is 0.932. The maximum Gasteiger partial charge on any atom is 0.164 e. The van der Waals surface area contributed by atoms with Crippen LogP contribution in [0.1, 0.15) is 30.5 Å². The molecule has 0 spiro atoms. The summed E-state index contributed by atoms with van der Waals surface area (Å²) in [6.07, 6.45) is 3.12. The molecule has 1 aliphatic rings. The minimum atomic E-state index is -0.260. The molecule has 1 N–H and O–H groups in total. The predicted molar refractivity (Wildman–Crippen MR) is 70.5 cm³/mol. The Morgan fingerprint density at radius 3 is 2.70 bits per heavy atom. The average Bonchev–Trinajstić information content (AvgIpc) is 2.97. The van der Waals surface area contributed by atoms with Crippen molar-refractivity contribution in [2.45, 2.75) is 25.7 Å². The predicted octanol–water partition coefficient (Wildman–Crippen LogP) is 2.45. The van der Waals surface area contributed by atoms with Crippen LogP contribution < -0.4 is 9.47 Å². The smallest absolute Gasteiger partial charge is 0.164 e. The van der Waals surface area contributed by atoms with Gasteiger partial charge in [0.05, 0.1) is 11.9 Å². The van der Waals surface area contributed by atoms with Crippen molar-refractivity contribution in [3.05, 3.63) is 35.4 Å². The highest BCUT2D eigenvalue weighted by atomic mass is 19.1. The van der Waals surface area contributed by atoms with E-state index in [9.17, 15) is 4.39 Å². The van der Waals surface area contributed by atoms with Crippen LogP contribution in [0.4, 0.5) is 4.39 Å². The van der Waals surface area contributed by atoms with Crippen LogP contribution in [-0.2, 0) is 6.42 Å². The van der Waals surface area contributed by atoms with Crippen LogP contribution in [0.15, 0.2) is 18.3 Å². The zero-order chi connectivity index (χ0) is 13.9. The van der Waals surface area contributed by atoms with Gasteiger partial charge in [-0.3, -0.25) is 0 Å². The Balaban J connectivity index is 1.90. The van der Waals surface area contributed by atoms with Gasteiger partial charge in [-0.2, -0.15) is 15.4 Å². The van der Waals surface area contributed by atoms with Crippen LogP contribution in [0.5, 0.6) is 11.5 Å². The minimum Gasteiger partial charge on any atom is -0.486 e. The van der Waals surface area contributed by atoms with Crippen molar-refractivity contribution >= 4 is 0 Å². The van der Waals surface area contributed by atoms with Crippen molar-refractivity contribution in [3.63, 3.8) is 0 Å². The molecule has 1 unspecified atom stereocenters. The standard InChI is InChI=1S/C14H16FN3O2/c1-2-9(5-10-8-16-18-17-10)11-6-13-14(7-12(11)15)20-4-3-19-13/h6-9H,2-5H2,1H3,(H,16,17,18). The first-order valence-electron chi connectivity index (χ1n) is 6.71. The van der Waals surface area contributed by atoms with E-state index in [2.05, 4.69) is 15.4 Å². The first-order valence-corrected chi connectivity index (χ1v) is 6.71. The monoisotopic (exact) mass is 277 g/mol. The summed E-state index contributed by atoms with van der Waals surface area (Å²) in [6.45, 7) is 2.99. The summed E-state index contributed by atoms with van der Waals surface area (Å²) in [5, 5.41) is 10.4. The van der Waals surface area contributed by atoms with Gasteiger partial charge in [0, 0.05) is 12.5 Å². The number of ether oxygens (including phenoxy) is 2. The van der Waals surface area contributed by atoms with Gasteiger partial charge in [-0.15, -0.1) is 0 Å². The number of benzene rings is 1. The number of fused-ring (bicyclic) bond motifs is 1.